The molecular weight excluding hydrogens is 254 g/mol. The Balaban J connectivity index is 2.06. The number of benzene rings is 1. The van der Waals surface area contributed by atoms with E-state index in [9.17, 15) is 0 Å². The minimum atomic E-state index is 0.424. The van der Waals surface area contributed by atoms with Crippen LogP contribution in [0.5, 0.6) is 0 Å². The minimum absolute atomic E-state index is 0.424. The lowest BCUT2D eigenvalue weighted by atomic mass is 10.0. The summed E-state index contributed by atoms with van der Waals surface area (Å²) >= 11 is 0. The average Bonchev–Trinajstić information content (AvgIpc) is 3.02. The van der Waals surface area contributed by atoms with E-state index in [1.54, 1.807) is 10.9 Å². The Labute approximate surface area is 116 Å². The van der Waals surface area contributed by atoms with Crippen LogP contribution in [0.15, 0.2) is 29.0 Å². The quantitative estimate of drug-likeness (QED) is 0.722. The first-order valence-corrected chi connectivity index (χ1v) is 6.24. The zero-order valence-corrected chi connectivity index (χ0v) is 11.6. The Bertz CT molecular complexity index is 772. The molecule has 0 saturated heterocycles. The molecule has 3 aromatic rings. The molecule has 3 rings (SSSR count). The highest BCUT2D eigenvalue weighted by Crippen LogP contribution is 2.30. The number of rotatable bonds is 2. The third kappa shape index (κ3) is 2.05. The summed E-state index contributed by atoms with van der Waals surface area (Å²) in [5.41, 5.74) is 10.4. The standard InChI is InChI=1S/C14H15N5O/c1-8-4-9(2)12(15)11(5-8)14-17-13(18-20-14)10-6-16-19(3)7-10/h4-7H,15H2,1-3H3. The molecule has 0 aliphatic carbocycles. The molecule has 0 radical (unpaired) electrons. The van der Waals surface area contributed by atoms with E-state index in [-0.39, 0.29) is 0 Å². The summed E-state index contributed by atoms with van der Waals surface area (Å²) in [5, 5.41) is 8.07. The van der Waals surface area contributed by atoms with Crippen molar-refractivity contribution in [3.05, 3.63) is 35.7 Å². The van der Waals surface area contributed by atoms with Gasteiger partial charge >= 0.3 is 0 Å². The molecule has 0 bridgehead atoms. The third-order valence-electron chi connectivity index (χ3n) is 3.15. The first-order valence-electron chi connectivity index (χ1n) is 6.24. The molecule has 0 saturated carbocycles. The number of aromatic nitrogens is 4. The lowest BCUT2D eigenvalue weighted by Crippen LogP contribution is -1.95. The van der Waals surface area contributed by atoms with Gasteiger partial charge in [0.15, 0.2) is 0 Å². The second-order valence-corrected chi connectivity index (χ2v) is 4.87. The third-order valence-corrected chi connectivity index (χ3v) is 3.15. The van der Waals surface area contributed by atoms with Crippen molar-refractivity contribution in [1.82, 2.24) is 19.9 Å². The van der Waals surface area contributed by atoms with E-state index in [0.29, 0.717) is 17.4 Å². The van der Waals surface area contributed by atoms with E-state index in [4.69, 9.17) is 10.3 Å². The predicted octanol–water partition coefficient (Wildman–Crippen LogP) is 2.34. The normalized spacial score (nSPS) is 10.9. The molecular formula is C14H15N5O. The largest absolute Gasteiger partial charge is 0.398 e. The molecule has 6 heteroatoms. The topological polar surface area (TPSA) is 82.8 Å². The molecule has 102 valence electrons. The van der Waals surface area contributed by atoms with Crippen LogP contribution in [0.1, 0.15) is 11.1 Å². The highest BCUT2D eigenvalue weighted by atomic mass is 16.5. The van der Waals surface area contributed by atoms with Crippen LogP contribution < -0.4 is 5.73 Å². The summed E-state index contributed by atoms with van der Waals surface area (Å²) in [6.07, 6.45) is 3.53. The van der Waals surface area contributed by atoms with Crippen LogP contribution >= 0.6 is 0 Å². The molecule has 0 spiro atoms. The van der Waals surface area contributed by atoms with Gasteiger partial charge in [0, 0.05) is 18.9 Å². The van der Waals surface area contributed by atoms with Gasteiger partial charge < -0.3 is 10.3 Å². The Hall–Kier alpha value is -2.63. The molecule has 6 nitrogen and oxygen atoms in total. The van der Waals surface area contributed by atoms with Crippen molar-refractivity contribution in [3.8, 4) is 22.8 Å². The first kappa shape index (κ1) is 12.4. The Kier molecular flexibility index (Phi) is 2.78. The van der Waals surface area contributed by atoms with Crippen LogP contribution in [-0.2, 0) is 7.05 Å². The number of anilines is 1. The summed E-state index contributed by atoms with van der Waals surface area (Å²) in [7, 11) is 1.84. The highest BCUT2D eigenvalue weighted by molar-refractivity contribution is 5.74. The summed E-state index contributed by atoms with van der Waals surface area (Å²) in [6.45, 7) is 3.97. The fourth-order valence-electron chi connectivity index (χ4n) is 2.14. The molecule has 0 amide bonds. The minimum Gasteiger partial charge on any atom is -0.398 e. The summed E-state index contributed by atoms with van der Waals surface area (Å²) < 4.78 is 7.02. The second kappa shape index (κ2) is 4.48. The van der Waals surface area contributed by atoms with Gasteiger partial charge in [-0.3, -0.25) is 4.68 Å². The second-order valence-electron chi connectivity index (χ2n) is 4.87. The van der Waals surface area contributed by atoms with Crippen LogP contribution in [-0.4, -0.2) is 19.9 Å². The van der Waals surface area contributed by atoms with Crippen molar-refractivity contribution in [2.75, 3.05) is 5.73 Å². The van der Waals surface area contributed by atoms with Crippen LogP contribution in [0.3, 0.4) is 0 Å². The summed E-state index contributed by atoms with van der Waals surface area (Å²) in [5.74, 6) is 0.930. The molecule has 2 heterocycles. The van der Waals surface area contributed by atoms with Crippen molar-refractivity contribution in [2.24, 2.45) is 7.05 Å². The zero-order chi connectivity index (χ0) is 14.3. The summed E-state index contributed by atoms with van der Waals surface area (Å²) in [4.78, 5) is 4.40. The maximum Gasteiger partial charge on any atom is 0.260 e. The molecule has 2 aromatic heterocycles. The van der Waals surface area contributed by atoms with E-state index in [0.717, 1.165) is 22.3 Å². The highest BCUT2D eigenvalue weighted by Gasteiger charge is 2.15. The van der Waals surface area contributed by atoms with Gasteiger partial charge in [0.2, 0.25) is 5.82 Å². The SMILES string of the molecule is Cc1cc(C)c(N)c(-c2nc(-c3cnn(C)c3)no2)c1. The van der Waals surface area contributed by atoms with Gasteiger partial charge in [-0.25, -0.2) is 0 Å². The maximum atomic E-state index is 6.09. The molecule has 0 aliphatic heterocycles. The predicted molar refractivity (Wildman–Crippen MR) is 75.8 cm³/mol. The van der Waals surface area contributed by atoms with Crippen molar-refractivity contribution in [3.63, 3.8) is 0 Å². The lowest BCUT2D eigenvalue weighted by Gasteiger charge is -2.06. The summed E-state index contributed by atoms with van der Waals surface area (Å²) in [6, 6.07) is 3.97. The van der Waals surface area contributed by atoms with Crippen molar-refractivity contribution in [1.29, 1.82) is 0 Å². The molecule has 0 aliphatic rings. The molecule has 2 N–H and O–H groups in total. The number of hydrogen-bond donors (Lipinski definition) is 1. The molecule has 0 fully saturated rings. The molecule has 0 atom stereocenters. The van der Waals surface area contributed by atoms with Crippen LogP contribution in [0.2, 0.25) is 0 Å². The fourth-order valence-corrected chi connectivity index (χ4v) is 2.14. The van der Waals surface area contributed by atoms with E-state index in [2.05, 4.69) is 15.2 Å². The van der Waals surface area contributed by atoms with Crippen LogP contribution in [0.25, 0.3) is 22.8 Å². The van der Waals surface area contributed by atoms with Gasteiger partial charge in [-0.1, -0.05) is 11.2 Å². The Morgan fingerprint density at radius 3 is 2.75 bits per heavy atom. The van der Waals surface area contributed by atoms with Gasteiger partial charge in [-0.05, 0) is 31.0 Å². The number of nitrogen functional groups attached to an aromatic ring is 1. The molecule has 1 aromatic carbocycles. The Morgan fingerprint density at radius 1 is 1.25 bits per heavy atom. The average molecular weight is 269 g/mol. The van der Waals surface area contributed by atoms with Crippen LogP contribution in [0.4, 0.5) is 5.69 Å². The first-order chi connectivity index (χ1) is 9.54. The zero-order valence-electron chi connectivity index (χ0n) is 11.6. The molecule has 0 unspecified atom stereocenters. The molecule has 20 heavy (non-hydrogen) atoms. The van der Waals surface area contributed by atoms with Gasteiger partial charge in [-0.15, -0.1) is 0 Å². The van der Waals surface area contributed by atoms with E-state index in [1.807, 2.05) is 39.2 Å². The lowest BCUT2D eigenvalue weighted by molar-refractivity contribution is 0.432. The number of nitrogens with two attached hydrogens (primary N) is 1. The van der Waals surface area contributed by atoms with Gasteiger partial charge in [0.1, 0.15) is 0 Å². The Morgan fingerprint density at radius 2 is 2.05 bits per heavy atom. The van der Waals surface area contributed by atoms with Crippen LogP contribution in [0, 0.1) is 13.8 Å². The van der Waals surface area contributed by atoms with E-state index in [1.165, 1.54) is 0 Å². The monoisotopic (exact) mass is 269 g/mol. The maximum absolute atomic E-state index is 6.09. The smallest absolute Gasteiger partial charge is 0.260 e. The van der Waals surface area contributed by atoms with Gasteiger partial charge in [0.25, 0.3) is 5.89 Å². The van der Waals surface area contributed by atoms with Crippen molar-refractivity contribution in [2.45, 2.75) is 13.8 Å². The number of aryl methyl sites for hydroxylation is 3. The van der Waals surface area contributed by atoms with Crippen molar-refractivity contribution < 1.29 is 4.52 Å². The van der Waals surface area contributed by atoms with E-state index >= 15 is 0 Å². The number of nitrogens with zero attached hydrogens (tertiary/aromatic N) is 4. The van der Waals surface area contributed by atoms with E-state index < -0.39 is 0 Å². The van der Waals surface area contributed by atoms with Gasteiger partial charge in [0.05, 0.1) is 17.3 Å². The fraction of sp³-hybridized carbons (Fsp3) is 0.214. The number of hydrogen-bond acceptors (Lipinski definition) is 5. The van der Waals surface area contributed by atoms with Gasteiger partial charge in [-0.2, -0.15) is 10.1 Å². The van der Waals surface area contributed by atoms with Crippen molar-refractivity contribution >= 4 is 5.69 Å².